The van der Waals surface area contributed by atoms with Crippen molar-refractivity contribution < 1.29 is 38.0 Å². The predicted molar refractivity (Wildman–Crippen MR) is 147 cm³/mol. The van der Waals surface area contributed by atoms with Gasteiger partial charge in [0.15, 0.2) is 0 Å². The fourth-order valence-corrected chi connectivity index (χ4v) is 3.27. The van der Waals surface area contributed by atoms with Crippen molar-refractivity contribution in [2.24, 2.45) is 11.5 Å². The highest BCUT2D eigenvalue weighted by Gasteiger charge is 2.29. The van der Waals surface area contributed by atoms with E-state index in [4.69, 9.17) is 39.9 Å². The Morgan fingerprint density at radius 1 is 0.625 bits per heavy atom. The molecule has 2 unspecified atom stereocenters. The Kier molecular flexibility index (Phi) is 15.3. The first kappa shape index (κ1) is 35.4. The lowest BCUT2D eigenvalue weighted by Crippen LogP contribution is -2.47. The highest BCUT2D eigenvalue weighted by Crippen LogP contribution is 2.17. The van der Waals surface area contributed by atoms with Crippen LogP contribution >= 0.6 is 0 Å². The van der Waals surface area contributed by atoms with Crippen LogP contribution in [-0.2, 0) is 28.4 Å². The van der Waals surface area contributed by atoms with Gasteiger partial charge in [0.05, 0.1) is 64.9 Å². The lowest BCUT2D eigenvalue weighted by atomic mass is 9.90. The van der Waals surface area contributed by atoms with Crippen molar-refractivity contribution in [3.8, 4) is 0 Å². The fourth-order valence-electron chi connectivity index (χ4n) is 3.27. The molecule has 0 aromatic heterocycles. The number of rotatable bonds is 18. The number of amides is 2. The molecule has 230 valence electrons. The molecule has 1 rings (SSSR count). The van der Waals surface area contributed by atoms with Gasteiger partial charge in [0.1, 0.15) is 11.2 Å². The Bertz CT molecular complexity index is 902. The number of hydrogen-bond donors (Lipinski definition) is 4. The van der Waals surface area contributed by atoms with Crippen LogP contribution in [0.25, 0.3) is 0 Å². The highest BCUT2D eigenvalue weighted by molar-refractivity contribution is 5.67. The molecule has 0 spiro atoms. The van der Waals surface area contributed by atoms with E-state index in [-0.39, 0.29) is 77.1 Å². The van der Waals surface area contributed by atoms with Crippen LogP contribution in [0.15, 0.2) is 9.59 Å². The molecular weight excluding hydrogens is 528 g/mol. The van der Waals surface area contributed by atoms with E-state index in [9.17, 15) is 19.2 Å². The van der Waals surface area contributed by atoms with Crippen LogP contribution in [0.5, 0.6) is 0 Å². The molecule has 2 amide bonds. The third-order valence-electron chi connectivity index (χ3n) is 4.90. The number of alkyl carbamates (subject to hydrolysis) is 2. The summed E-state index contributed by atoms with van der Waals surface area (Å²) in [6.45, 7) is 12.6. The van der Waals surface area contributed by atoms with Gasteiger partial charge in [-0.25, -0.2) is 9.59 Å². The first-order valence-electron chi connectivity index (χ1n) is 13.2. The first-order chi connectivity index (χ1) is 18.6. The quantitative estimate of drug-likeness (QED) is 0.139. The molecule has 0 saturated carbocycles. The fraction of sp³-hybridized carbons (Fsp3) is 0.769. The number of nitrogens with two attached hydrogens (primary N) is 2. The standard InChI is InChI=1S/C26H46N4O10/c1-25(2,3)39-23(33)29-7-9-35-11-13-37-15-17(27)19-20(22(32)21(19)31)18(28)16-38-14-12-36-10-8-30-24(34)40-26(4,5)6/h17-18H,7-16,27-28H2,1-6H3,(H,29,33)(H,30,34). The molecular formula is C26H46N4O10. The summed E-state index contributed by atoms with van der Waals surface area (Å²) in [6.07, 6.45) is -1.05. The average Bonchev–Trinajstić information content (AvgIpc) is 2.82. The van der Waals surface area contributed by atoms with Crippen molar-refractivity contribution in [3.05, 3.63) is 31.6 Å². The summed E-state index contributed by atoms with van der Waals surface area (Å²) in [5, 5.41) is 5.15. The molecule has 14 nitrogen and oxygen atoms in total. The summed E-state index contributed by atoms with van der Waals surface area (Å²) in [5.41, 5.74) is 9.94. The van der Waals surface area contributed by atoms with E-state index in [1.807, 2.05) is 0 Å². The van der Waals surface area contributed by atoms with Crippen molar-refractivity contribution in [1.82, 2.24) is 10.6 Å². The van der Waals surface area contributed by atoms with Gasteiger partial charge in [0, 0.05) is 24.2 Å². The molecule has 6 N–H and O–H groups in total. The van der Waals surface area contributed by atoms with Gasteiger partial charge in [-0.1, -0.05) is 0 Å². The Hall–Kier alpha value is -2.62. The molecule has 14 heteroatoms. The van der Waals surface area contributed by atoms with E-state index in [0.29, 0.717) is 0 Å². The third kappa shape index (κ3) is 14.7. The number of carbonyl (C=O) groups is 2. The van der Waals surface area contributed by atoms with Gasteiger partial charge in [-0.15, -0.1) is 0 Å². The van der Waals surface area contributed by atoms with E-state index in [2.05, 4.69) is 10.6 Å². The topological polar surface area (TPSA) is 200 Å². The average molecular weight is 575 g/mol. The van der Waals surface area contributed by atoms with E-state index in [1.165, 1.54) is 0 Å². The zero-order valence-corrected chi connectivity index (χ0v) is 24.5. The summed E-state index contributed by atoms with van der Waals surface area (Å²) >= 11 is 0. The van der Waals surface area contributed by atoms with Crippen LogP contribution in [-0.4, -0.2) is 89.3 Å². The minimum atomic E-state index is -0.819. The summed E-state index contributed by atoms with van der Waals surface area (Å²) < 4.78 is 31.9. The van der Waals surface area contributed by atoms with Crippen molar-refractivity contribution in [2.75, 3.05) is 65.9 Å². The Labute approximate surface area is 235 Å². The Morgan fingerprint density at radius 3 is 1.27 bits per heavy atom. The molecule has 0 aliphatic heterocycles. The molecule has 0 fully saturated rings. The molecule has 0 saturated heterocycles. The molecule has 0 radical (unpaired) electrons. The molecule has 0 aliphatic rings. The molecule has 0 aliphatic carbocycles. The van der Waals surface area contributed by atoms with Crippen LogP contribution in [0.1, 0.15) is 64.8 Å². The monoisotopic (exact) mass is 574 g/mol. The van der Waals surface area contributed by atoms with Crippen molar-refractivity contribution >= 4 is 12.2 Å². The molecule has 40 heavy (non-hydrogen) atoms. The number of hydrogen-bond acceptors (Lipinski definition) is 12. The van der Waals surface area contributed by atoms with Crippen molar-refractivity contribution in [3.63, 3.8) is 0 Å². The third-order valence-corrected chi connectivity index (χ3v) is 4.90. The van der Waals surface area contributed by atoms with Gasteiger partial charge < -0.3 is 50.5 Å². The van der Waals surface area contributed by atoms with Crippen LogP contribution in [0.2, 0.25) is 0 Å². The lowest BCUT2D eigenvalue weighted by Gasteiger charge is -2.22. The predicted octanol–water partition coefficient (Wildman–Crippen LogP) is 0.398. The van der Waals surface area contributed by atoms with Gasteiger partial charge in [-0.3, -0.25) is 9.59 Å². The second kappa shape index (κ2) is 17.3. The maximum absolute atomic E-state index is 12.1. The van der Waals surface area contributed by atoms with Crippen LogP contribution in [0, 0.1) is 0 Å². The maximum Gasteiger partial charge on any atom is 0.407 e. The van der Waals surface area contributed by atoms with Crippen LogP contribution < -0.4 is 33.0 Å². The second-order valence-corrected chi connectivity index (χ2v) is 10.9. The van der Waals surface area contributed by atoms with Crippen molar-refractivity contribution in [2.45, 2.75) is 64.8 Å². The molecule has 2 atom stereocenters. The van der Waals surface area contributed by atoms with Gasteiger partial charge in [-0.05, 0) is 41.5 Å². The number of ether oxygens (including phenoxy) is 6. The summed E-state index contributed by atoms with van der Waals surface area (Å²) in [5.74, 6) is 0. The van der Waals surface area contributed by atoms with E-state index < -0.39 is 46.3 Å². The highest BCUT2D eigenvalue weighted by atomic mass is 16.6. The Morgan fingerprint density at radius 2 is 0.950 bits per heavy atom. The Balaban J connectivity index is 2.22. The van der Waals surface area contributed by atoms with E-state index in [0.717, 1.165) is 0 Å². The molecule has 1 aromatic rings. The zero-order chi connectivity index (χ0) is 30.3. The zero-order valence-electron chi connectivity index (χ0n) is 24.5. The van der Waals surface area contributed by atoms with Gasteiger partial charge in [0.2, 0.25) is 10.9 Å². The smallest absolute Gasteiger partial charge is 0.407 e. The number of nitrogens with one attached hydrogen (secondary N) is 2. The summed E-state index contributed by atoms with van der Waals surface area (Å²) in [6, 6.07) is -1.64. The van der Waals surface area contributed by atoms with Gasteiger partial charge in [-0.2, -0.15) is 0 Å². The second-order valence-electron chi connectivity index (χ2n) is 10.9. The van der Waals surface area contributed by atoms with E-state index >= 15 is 0 Å². The molecule has 0 heterocycles. The largest absolute Gasteiger partial charge is 0.444 e. The SMILES string of the molecule is CC(C)(C)OC(=O)NCCOCCOCC(N)c1c(C(N)COCCOCCNC(=O)OC(C)(C)C)c(=O)c1=O. The van der Waals surface area contributed by atoms with E-state index in [1.54, 1.807) is 41.5 Å². The summed E-state index contributed by atoms with van der Waals surface area (Å²) in [4.78, 5) is 47.3. The minimum Gasteiger partial charge on any atom is -0.444 e. The maximum atomic E-state index is 12.1. The first-order valence-corrected chi connectivity index (χ1v) is 13.2. The van der Waals surface area contributed by atoms with Gasteiger partial charge >= 0.3 is 12.2 Å². The number of carbonyl (C=O) groups excluding carboxylic acids is 2. The van der Waals surface area contributed by atoms with Crippen LogP contribution in [0.3, 0.4) is 0 Å². The summed E-state index contributed by atoms with van der Waals surface area (Å²) in [7, 11) is 0. The molecule has 0 bridgehead atoms. The van der Waals surface area contributed by atoms with Crippen molar-refractivity contribution in [1.29, 1.82) is 0 Å². The minimum absolute atomic E-state index is 0.00385. The normalized spacial score (nSPS) is 13.6. The van der Waals surface area contributed by atoms with Gasteiger partial charge in [0.25, 0.3) is 0 Å². The lowest BCUT2D eigenvalue weighted by molar-refractivity contribution is 0.0350. The molecule has 1 aromatic carbocycles. The van der Waals surface area contributed by atoms with Crippen LogP contribution in [0.4, 0.5) is 9.59 Å².